The van der Waals surface area contributed by atoms with Gasteiger partial charge in [-0.05, 0) is 62.6 Å². The molecule has 2 aromatic carbocycles. The first-order chi connectivity index (χ1) is 17.6. The van der Waals surface area contributed by atoms with Gasteiger partial charge >= 0.3 is 0 Å². The number of aromatic nitrogens is 1. The van der Waals surface area contributed by atoms with Crippen molar-refractivity contribution in [3.05, 3.63) is 72.4 Å². The number of carbonyl (C=O) groups is 1. The summed E-state index contributed by atoms with van der Waals surface area (Å²) in [6.45, 7) is 3.98. The van der Waals surface area contributed by atoms with Crippen molar-refractivity contribution in [1.82, 2.24) is 9.29 Å². The summed E-state index contributed by atoms with van der Waals surface area (Å²) in [5.74, 6) is 0.361. The number of carbonyl (C=O) groups excluding carboxylic acids is 1. The Balaban J connectivity index is 1.49. The maximum absolute atomic E-state index is 12.9. The van der Waals surface area contributed by atoms with Crippen LogP contribution in [-0.4, -0.2) is 38.8 Å². The molecular formula is C30H38N4O2S. The normalized spacial score (nSPS) is 19.0. The van der Waals surface area contributed by atoms with E-state index in [-0.39, 0.29) is 5.91 Å². The van der Waals surface area contributed by atoms with Crippen molar-refractivity contribution in [1.29, 1.82) is 0 Å². The van der Waals surface area contributed by atoms with Gasteiger partial charge < -0.3 is 11.1 Å². The van der Waals surface area contributed by atoms with E-state index < -0.39 is 16.5 Å². The molecule has 1 aliphatic carbocycles. The Bertz CT molecular complexity index is 1230. The second kappa shape index (κ2) is 11.7. The average Bonchev–Trinajstić information content (AvgIpc) is 2.88. The van der Waals surface area contributed by atoms with Gasteiger partial charge in [0.05, 0.1) is 28.6 Å². The number of nitrogens with zero attached hydrogens (tertiary/aromatic N) is 2. The van der Waals surface area contributed by atoms with Crippen LogP contribution in [0.2, 0.25) is 0 Å². The monoisotopic (exact) mass is 518 g/mol. The number of nitrogens with one attached hydrogen (secondary N) is 1. The Hall–Kier alpha value is -2.87. The van der Waals surface area contributed by atoms with Gasteiger partial charge in [-0.3, -0.25) is 9.78 Å². The molecule has 1 atom stereocenters. The van der Waals surface area contributed by atoms with Gasteiger partial charge in [-0.15, -0.1) is 0 Å². The Labute approximate surface area is 223 Å². The summed E-state index contributed by atoms with van der Waals surface area (Å²) in [7, 11) is 0.964. The van der Waals surface area contributed by atoms with Crippen LogP contribution >= 0.6 is 0 Å². The Morgan fingerprint density at radius 3 is 2.30 bits per heavy atom. The summed E-state index contributed by atoms with van der Waals surface area (Å²) < 4.78 is 13.7. The third-order valence-electron chi connectivity index (χ3n) is 7.37. The van der Waals surface area contributed by atoms with Crippen LogP contribution in [0.15, 0.2) is 66.9 Å². The van der Waals surface area contributed by atoms with Gasteiger partial charge in [0.2, 0.25) is 5.91 Å². The van der Waals surface area contributed by atoms with Crippen molar-refractivity contribution >= 4 is 22.6 Å². The molecule has 0 spiro atoms. The predicted molar refractivity (Wildman–Crippen MR) is 153 cm³/mol. The van der Waals surface area contributed by atoms with E-state index in [1.165, 1.54) is 0 Å². The van der Waals surface area contributed by atoms with Crippen LogP contribution in [0.1, 0.15) is 51.5 Å². The van der Waals surface area contributed by atoms with Gasteiger partial charge in [-0.2, -0.15) is 0 Å². The van der Waals surface area contributed by atoms with Crippen molar-refractivity contribution in [2.75, 3.05) is 18.6 Å². The molecule has 1 aliphatic rings. The van der Waals surface area contributed by atoms with Gasteiger partial charge in [-0.25, -0.2) is 8.51 Å². The van der Waals surface area contributed by atoms with Crippen LogP contribution in [0.25, 0.3) is 22.4 Å². The van der Waals surface area contributed by atoms with Crippen molar-refractivity contribution in [2.45, 2.75) is 57.5 Å². The second-order valence-corrected chi connectivity index (χ2v) is 12.1. The third-order valence-corrected chi connectivity index (χ3v) is 8.48. The summed E-state index contributed by atoms with van der Waals surface area (Å²) in [5.41, 5.74) is 11.5. The first-order valence-corrected chi connectivity index (χ1v) is 14.4. The van der Waals surface area contributed by atoms with E-state index in [2.05, 4.69) is 29.6 Å². The zero-order valence-electron chi connectivity index (χ0n) is 22.2. The number of rotatable bonds is 8. The van der Waals surface area contributed by atoms with E-state index in [1.807, 2.05) is 61.6 Å². The first-order valence-electron chi connectivity index (χ1n) is 12.9. The number of pyridine rings is 1. The lowest BCUT2D eigenvalue weighted by molar-refractivity contribution is -0.117. The SMILES string of the molecule is CN(C1CCC(CC(=O)Nc2cnc(-c3ccc(C(C)(C)N)cc3)c(-c3ccccc3)c2)CC1)S(C)=O. The summed E-state index contributed by atoms with van der Waals surface area (Å²) >= 11 is 0. The molecule has 1 amide bonds. The molecule has 0 radical (unpaired) electrons. The van der Waals surface area contributed by atoms with Crippen LogP contribution in [0.3, 0.4) is 0 Å². The smallest absolute Gasteiger partial charge is 0.224 e. The molecule has 1 heterocycles. The Kier molecular flexibility index (Phi) is 8.57. The van der Waals surface area contributed by atoms with E-state index >= 15 is 0 Å². The molecule has 0 aliphatic heterocycles. The molecule has 1 saturated carbocycles. The van der Waals surface area contributed by atoms with Gasteiger partial charge in [0.15, 0.2) is 0 Å². The molecule has 3 aromatic rings. The third kappa shape index (κ3) is 6.92. The van der Waals surface area contributed by atoms with Gasteiger partial charge in [-0.1, -0.05) is 54.6 Å². The number of nitrogens with two attached hydrogens (primary N) is 1. The fraction of sp³-hybridized carbons (Fsp3) is 0.400. The highest BCUT2D eigenvalue weighted by Crippen LogP contribution is 2.34. The Morgan fingerprint density at radius 1 is 1.05 bits per heavy atom. The van der Waals surface area contributed by atoms with Gasteiger partial charge in [0, 0.05) is 42.4 Å². The zero-order valence-corrected chi connectivity index (χ0v) is 23.1. The average molecular weight is 519 g/mol. The Morgan fingerprint density at radius 2 is 1.70 bits per heavy atom. The molecule has 0 saturated heterocycles. The summed E-state index contributed by atoms with van der Waals surface area (Å²) in [4.78, 5) is 17.7. The second-order valence-electron chi connectivity index (χ2n) is 10.7. The van der Waals surface area contributed by atoms with Crippen molar-refractivity contribution in [3.8, 4) is 22.4 Å². The van der Waals surface area contributed by atoms with E-state index in [1.54, 1.807) is 12.5 Å². The summed E-state index contributed by atoms with van der Waals surface area (Å²) in [6.07, 6.45) is 7.85. The van der Waals surface area contributed by atoms with Crippen LogP contribution in [-0.2, 0) is 21.3 Å². The molecule has 4 rings (SSSR count). The summed E-state index contributed by atoms with van der Waals surface area (Å²) in [5, 5.41) is 3.08. The molecule has 6 nitrogen and oxygen atoms in total. The van der Waals surface area contributed by atoms with E-state index in [4.69, 9.17) is 10.7 Å². The number of amides is 1. The maximum Gasteiger partial charge on any atom is 0.224 e. The van der Waals surface area contributed by atoms with E-state index in [0.717, 1.165) is 53.6 Å². The summed E-state index contributed by atoms with van der Waals surface area (Å²) in [6, 6.07) is 20.7. The minimum atomic E-state index is -0.954. The fourth-order valence-electron chi connectivity index (χ4n) is 5.06. The largest absolute Gasteiger partial charge is 0.325 e. The molecular weight excluding hydrogens is 480 g/mol. The van der Waals surface area contributed by atoms with Crippen molar-refractivity contribution in [2.24, 2.45) is 11.7 Å². The molecule has 1 fully saturated rings. The molecule has 3 N–H and O–H groups in total. The topological polar surface area (TPSA) is 88.3 Å². The van der Waals surface area contributed by atoms with Crippen LogP contribution in [0, 0.1) is 5.92 Å². The van der Waals surface area contributed by atoms with Gasteiger partial charge in [0.25, 0.3) is 0 Å². The predicted octanol–water partition coefficient (Wildman–Crippen LogP) is 5.72. The van der Waals surface area contributed by atoms with Crippen LogP contribution in [0.4, 0.5) is 5.69 Å². The maximum atomic E-state index is 12.9. The quantitative estimate of drug-likeness (QED) is 0.399. The first kappa shape index (κ1) is 27.2. The highest BCUT2D eigenvalue weighted by atomic mass is 32.2. The van der Waals surface area contributed by atoms with Crippen LogP contribution < -0.4 is 11.1 Å². The van der Waals surface area contributed by atoms with E-state index in [9.17, 15) is 9.00 Å². The van der Waals surface area contributed by atoms with Crippen molar-refractivity contribution in [3.63, 3.8) is 0 Å². The lowest BCUT2D eigenvalue weighted by atomic mass is 9.84. The minimum absolute atomic E-state index is 0.0129. The van der Waals surface area contributed by atoms with Gasteiger partial charge in [0.1, 0.15) is 0 Å². The molecule has 7 heteroatoms. The van der Waals surface area contributed by atoms with E-state index in [0.29, 0.717) is 24.1 Å². The number of hydrogen-bond acceptors (Lipinski definition) is 4. The lowest BCUT2D eigenvalue weighted by Crippen LogP contribution is -2.36. The lowest BCUT2D eigenvalue weighted by Gasteiger charge is -2.32. The zero-order chi connectivity index (χ0) is 26.6. The molecule has 1 unspecified atom stereocenters. The van der Waals surface area contributed by atoms with Crippen LogP contribution in [0.5, 0.6) is 0 Å². The highest BCUT2D eigenvalue weighted by molar-refractivity contribution is 7.81. The number of anilines is 1. The minimum Gasteiger partial charge on any atom is -0.325 e. The molecule has 196 valence electrons. The fourth-order valence-corrected chi connectivity index (χ4v) is 5.69. The molecule has 1 aromatic heterocycles. The molecule has 0 bridgehead atoms. The number of hydrogen-bond donors (Lipinski definition) is 2. The van der Waals surface area contributed by atoms with Crippen molar-refractivity contribution < 1.29 is 9.00 Å². The highest BCUT2D eigenvalue weighted by Gasteiger charge is 2.27. The standard InChI is InChI=1S/C30H38N4O2S/c1-30(2,31)24-14-12-23(13-15-24)29-27(22-8-6-5-7-9-22)19-25(20-32-29)33-28(35)18-21-10-16-26(17-11-21)34(3)37(4)36/h5-9,12-15,19-21,26H,10-11,16-18,31H2,1-4H3,(H,33,35). The molecule has 37 heavy (non-hydrogen) atoms. The number of benzene rings is 2.